The van der Waals surface area contributed by atoms with E-state index in [4.69, 9.17) is 5.11 Å². The molecule has 1 aliphatic heterocycles. The molecule has 0 bridgehead atoms. The quantitative estimate of drug-likeness (QED) is 0.848. The number of hydrogen-bond acceptors (Lipinski definition) is 1. The topological polar surface area (TPSA) is 40.5 Å². The van der Waals surface area contributed by atoms with Gasteiger partial charge in [-0.05, 0) is 24.8 Å². The predicted molar refractivity (Wildman–Crippen MR) is 67.8 cm³/mol. The van der Waals surface area contributed by atoms with Crippen molar-refractivity contribution < 1.29 is 9.90 Å². The second-order valence-electron chi connectivity index (χ2n) is 4.31. The summed E-state index contributed by atoms with van der Waals surface area (Å²) in [5.41, 5.74) is 1.11. The van der Waals surface area contributed by atoms with Gasteiger partial charge in [-0.25, -0.2) is 4.79 Å². The highest BCUT2D eigenvalue weighted by Gasteiger charge is 2.23. The molecule has 1 N–H and O–H groups in total. The Bertz CT molecular complexity index is 400. The number of nitrogens with zero attached hydrogens (tertiary/aromatic N) is 1. The smallest absolute Gasteiger partial charge is 0.407 e. The molecule has 1 saturated heterocycles. The van der Waals surface area contributed by atoms with E-state index in [9.17, 15) is 4.79 Å². The van der Waals surface area contributed by atoms with E-state index in [1.165, 1.54) is 4.90 Å². The van der Waals surface area contributed by atoms with Crippen molar-refractivity contribution in [3.05, 3.63) is 42.0 Å². The van der Waals surface area contributed by atoms with Crippen LogP contribution in [0.5, 0.6) is 0 Å². The molecule has 90 valence electrons. The van der Waals surface area contributed by atoms with Crippen LogP contribution in [0.15, 0.2) is 36.4 Å². The van der Waals surface area contributed by atoms with Crippen LogP contribution in [0.1, 0.15) is 24.8 Å². The van der Waals surface area contributed by atoms with Gasteiger partial charge in [-0.1, -0.05) is 42.5 Å². The van der Waals surface area contributed by atoms with Crippen LogP contribution in [-0.2, 0) is 0 Å². The maximum Gasteiger partial charge on any atom is 0.407 e. The molecule has 2 rings (SSSR count). The summed E-state index contributed by atoms with van der Waals surface area (Å²) in [6, 6.07) is 10.0. The minimum atomic E-state index is -0.813. The summed E-state index contributed by atoms with van der Waals surface area (Å²) in [4.78, 5) is 12.6. The van der Waals surface area contributed by atoms with Crippen molar-refractivity contribution in [1.29, 1.82) is 0 Å². The molecule has 1 aromatic carbocycles. The van der Waals surface area contributed by atoms with E-state index >= 15 is 0 Å². The number of hydrogen-bond donors (Lipinski definition) is 1. The maximum atomic E-state index is 11.1. The van der Waals surface area contributed by atoms with E-state index in [2.05, 4.69) is 0 Å². The largest absolute Gasteiger partial charge is 0.465 e. The van der Waals surface area contributed by atoms with Gasteiger partial charge >= 0.3 is 6.09 Å². The summed E-state index contributed by atoms with van der Waals surface area (Å²) in [5.74, 6) is 0. The Labute approximate surface area is 101 Å². The number of benzene rings is 1. The third-order valence-corrected chi connectivity index (χ3v) is 3.11. The van der Waals surface area contributed by atoms with Crippen molar-refractivity contribution in [2.75, 3.05) is 6.54 Å². The first-order valence-corrected chi connectivity index (χ1v) is 6.00. The highest BCUT2D eigenvalue weighted by Crippen LogP contribution is 2.19. The van der Waals surface area contributed by atoms with Gasteiger partial charge in [0.25, 0.3) is 0 Å². The third-order valence-electron chi connectivity index (χ3n) is 3.11. The fourth-order valence-corrected chi connectivity index (χ4v) is 2.18. The first-order valence-electron chi connectivity index (χ1n) is 6.00. The summed E-state index contributed by atoms with van der Waals surface area (Å²) < 4.78 is 0. The number of likely N-dealkylation sites (tertiary alicyclic amines) is 1. The van der Waals surface area contributed by atoms with Crippen LogP contribution in [0.3, 0.4) is 0 Å². The molecule has 0 saturated carbocycles. The highest BCUT2D eigenvalue weighted by molar-refractivity contribution is 5.66. The molecule has 0 aromatic heterocycles. The van der Waals surface area contributed by atoms with Crippen molar-refractivity contribution in [1.82, 2.24) is 4.90 Å². The normalized spacial score (nSPS) is 20.7. The molecule has 1 unspecified atom stereocenters. The Morgan fingerprint density at radius 3 is 2.76 bits per heavy atom. The van der Waals surface area contributed by atoms with Crippen molar-refractivity contribution in [2.24, 2.45) is 0 Å². The van der Waals surface area contributed by atoms with Crippen molar-refractivity contribution >= 4 is 12.2 Å². The lowest BCUT2D eigenvalue weighted by Gasteiger charge is -2.31. The van der Waals surface area contributed by atoms with Gasteiger partial charge in [0.2, 0.25) is 0 Å². The molecular formula is C14H17NO2. The van der Waals surface area contributed by atoms with Gasteiger partial charge in [0.15, 0.2) is 0 Å². The number of carbonyl (C=O) groups is 1. The van der Waals surface area contributed by atoms with Crippen LogP contribution in [0.2, 0.25) is 0 Å². The predicted octanol–water partition coefficient (Wildman–Crippen LogP) is 3.23. The van der Waals surface area contributed by atoms with Crippen LogP contribution in [0, 0.1) is 0 Å². The monoisotopic (exact) mass is 231 g/mol. The van der Waals surface area contributed by atoms with Crippen molar-refractivity contribution in [3.63, 3.8) is 0 Å². The van der Waals surface area contributed by atoms with Crippen molar-refractivity contribution in [3.8, 4) is 0 Å². The van der Waals surface area contributed by atoms with Crippen molar-refractivity contribution in [2.45, 2.75) is 25.3 Å². The average molecular weight is 231 g/mol. The third kappa shape index (κ3) is 3.09. The molecule has 3 nitrogen and oxygen atoms in total. The zero-order valence-corrected chi connectivity index (χ0v) is 9.75. The van der Waals surface area contributed by atoms with E-state index in [0.717, 1.165) is 24.8 Å². The maximum absolute atomic E-state index is 11.1. The van der Waals surface area contributed by atoms with Gasteiger partial charge in [-0.3, -0.25) is 0 Å². The lowest BCUT2D eigenvalue weighted by Crippen LogP contribution is -2.41. The molecule has 1 amide bonds. The van der Waals surface area contributed by atoms with Gasteiger partial charge in [-0.15, -0.1) is 0 Å². The highest BCUT2D eigenvalue weighted by atomic mass is 16.4. The van der Waals surface area contributed by atoms with E-state index in [1.807, 2.05) is 42.5 Å². The summed E-state index contributed by atoms with van der Waals surface area (Å²) in [5, 5.41) is 9.10. The molecule has 0 aliphatic carbocycles. The minimum absolute atomic E-state index is 0.0291. The Morgan fingerprint density at radius 1 is 1.29 bits per heavy atom. The zero-order valence-electron chi connectivity index (χ0n) is 9.75. The molecule has 17 heavy (non-hydrogen) atoms. The Kier molecular flexibility index (Phi) is 3.81. The molecule has 1 atom stereocenters. The fraction of sp³-hybridized carbons (Fsp3) is 0.357. The van der Waals surface area contributed by atoms with Crippen LogP contribution >= 0.6 is 0 Å². The Balaban J connectivity index is 2.06. The van der Waals surface area contributed by atoms with Gasteiger partial charge in [0, 0.05) is 6.54 Å². The Hall–Kier alpha value is -1.77. The molecule has 1 heterocycles. The van der Waals surface area contributed by atoms with Crippen LogP contribution < -0.4 is 0 Å². The SMILES string of the molecule is O=C(O)N1CCCCC1/C=C/c1ccccc1. The summed E-state index contributed by atoms with van der Waals surface area (Å²) >= 11 is 0. The molecular weight excluding hydrogens is 214 g/mol. The fourth-order valence-electron chi connectivity index (χ4n) is 2.18. The van der Waals surface area contributed by atoms with Crippen LogP contribution in [0.25, 0.3) is 6.08 Å². The molecule has 0 spiro atoms. The number of carboxylic acid groups (broad SMARTS) is 1. The van der Waals surface area contributed by atoms with Gasteiger partial charge < -0.3 is 10.0 Å². The standard InChI is InChI=1S/C14H17NO2/c16-14(17)15-11-5-4-8-13(15)10-9-12-6-2-1-3-7-12/h1-3,6-7,9-10,13H,4-5,8,11H2,(H,16,17)/b10-9+. The lowest BCUT2D eigenvalue weighted by molar-refractivity contribution is 0.120. The second-order valence-corrected chi connectivity index (χ2v) is 4.31. The van der Waals surface area contributed by atoms with Gasteiger partial charge in [0.05, 0.1) is 6.04 Å². The zero-order chi connectivity index (χ0) is 12.1. The number of amides is 1. The average Bonchev–Trinajstić information content (AvgIpc) is 2.38. The molecule has 1 aliphatic rings. The Morgan fingerprint density at radius 2 is 2.06 bits per heavy atom. The van der Waals surface area contributed by atoms with E-state index in [-0.39, 0.29) is 6.04 Å². The van der Waals surface area contributed by atoms with E-state index in [1.54, 1.807) is 0 Å². The molecule has 1 aromatic rings. The first kappa shape index (κ1) is 11.7. The summed E-state index contributed by atoms with van der Waals surface area (Å²) in [6.45, 7) is 0.652. The second kappa shape index (κ2) is 5.53. The summed E-state index contributed by atoms with van der Waals surface area (Å²) in [6.07, 6.45) is 6.20. The molecule has 1 fully saturated rings. The molecule has 0 radical (unpaired) electrons. The van der Waals surface area contributed by atoms with Gasteiger partial charge in [-0.2, -0.15) is 0 Å². The number of rotatable bonds is 2. The van der Waals surface area contributed by atoms with E-state index in [0.29, 0.717) is 6.54 Å². The van der Waals surface area contributed by atoms with Crippen LogP contribution in [-0.4, -0.2) is 28.7 Å². The molecule has 3 heteroatoms. The lowest BCUT2D eigenvalue weighted by atomic mass is 10.0. The summed E-state index contributed by atoms with van der Waals surface area (Å²) in [7, 11) is 0. The van der Waals surface area contributed by atoms with Crippen LogP contribution in [0.4, 0.5) is 4.79 Å². The first-order chi connectivity index (χ1) is 8.27. The number of piperidine rings is 1. The van der Waals surface area contributed by atoms with Gasteiger partial charge in [0.1, 0.15) is 0 Å². The van der Waals surface area contributed by atoms with E-state index < -0.39 is 6.09 Å². The minimum Gasteiger partial charge on any atom is -0.465 e.